The van der Waals surface area contributed by atoms with Crippen LogP contribution in [0.15, 0.2) is 18.5 Å². The molecule has 1 aliphatic carbocycles. The van der Waals surface area contributed by atoms with Crippen molar-refractivity contribution in [1.82, 2.24) is 9.97 Å². The van der Waals surface area contributed by atoms with E-state index in [1.54, 1.807) is 37.5 Å². The van der Waals surface area contributed by atoms with Crippen molar-refractivity contribution in [2.75, 3.05) is 32.3 Å². The molecule has 0 bridgehead atoms. The molecule has 6 heteroatoms. The van der Waals surface area contributed by atoms with Gasteiger partial charge in [0.05, 0.1) is 19.3 Å². The van der Waals surface area contributed by atoms with Crippen molar-refractivity contribution in [3.63, 3.8) is 0 Å². The Balaban J connectivity index is 1.80. The number of rotatable bonds is 6. The molecule has 0 unspecified atom stereocenters. The molecule has 1 saturated carbocycles. The molecule has 116 valence electrons. The van der Waals surface area contributed by atoms with Crippen LogP contribution >= 0.6 is 0 Å². The van der Waals surface area contributed by atoms with Gasteiger partial charge < -0.3 is 9.47 Å². The van der Waals surface area contributed by atoms with Gasteiger partial charge in [-0.15, -0.1) is 0 Å². The van der Waals surface area contributed by atoms with Gasteiger partial charge >= 0.3 is 0 Å². The molecule has 0 aliphatic heterocycles. The zero-order chi connectivity index (χ0) is 15.1. The maximum Gasteiger partial charge on any atom is 0.232 e. The maximum atomic E-state index is 12.5. The number of hydrogen-bond acceptors (Lipinski definition) is 5. The Kier molecular flexibility index (Phi) is 6.07. The molecule has 1 aromatic heterocycles. The summed E-state index contributed by atoms with van der Waals surface area (Å²) >= 11 is 0. The first-order valence-corrected chi connectivity index (χ1v) is 7.37. The first-order valence-electron chi connectivity index (χ1n) is 7.37. The largest absolute Gasteiger partial charge is 0.382 e. The van der Waals surface area contributed by atoms with Gasteiger partial charge in [0.2, 0.25) is 11.9 Å². The molecule has 2 rings (SSSR count). The Bertz CT molecular complexity index is 433. The molecule has 1 amide bonds. The minimum Gasteiger partial charge on any atom is -0.382 e. The SMILES string of the molecule is COCCOC1CCC(C(=O)N(C)c2ncccn2)CC1. The van der Waals surface area contributed by atoms with Crippen LogP contribution in [-0.2, 0) is 14.3 Å². The van der Waals surface area contributed by atoms with Crippen LogP contribution < -0.4 is 4.90 Å². The quantitative estimate of drug-likeness (QED) is 0.746. The van der Waals surface area contributed by atoms with Crippen LogP contribution in [0.25, 0.3) is 0 Å². The van der Waals surface area contributed by atoms with Gasteiger partial charge in [-0.3, -0.25) is 9.69 Å². The third kappa shape index (κ3) is 4.47. The summed E-state index contributed by atoms with van der Waals surface area (Å²) in [7, 11) is 3.40. The second kappa shape index (κ2) is 8.05. The highest BCUT2D eigenvalue weighted by Gasteiger charge is 2.29. The lowest BCUT2D eigenvalue weighted by molar-refractivity contribution is -0.124. The Morgan fingerprint density at radius 2 is 1.90 bits per heavy atom. The van der Waals surface area contributed by atoms with Crippen LogP contribution in [0, 0.1) is 5.92 Å². The molecule has 1 fully saturated rings. The van der Waals surface area contributed by atoms with Crippen molar-refractivity contribution in [3.05, 3.63) is 18.5 Å². The molecule has 1 aliphatic rings. The van der Waals surface area contributed by atoms with Crippen LogP contribution in [0.4, 0.5) is 5.95 Å². The summed E-state index contributed by atoms with van der Waals surface area (Å²) in [4.78, 5) is 22.2. The molecular weight excluding hydrogens is 270 g/mol. The van der Waals surface area contributed by atoms with Crippen LogP contribution in [0.1, 0.15) is 25.7 Å². The normalized spacial score (nSPS) is 22.0. The standard InChI is InChI=1S/C15H23N3O3/c1-18(15-16-8-3-9-17-15)14(19)12-4-6-13(7-5-12)21-11-10-20-2/h3,8-9,12-13H,4-7,10-11H2,1-2H3. The van der Waals surface area contributed by atoms with E-state index in [1.807, 2.05) is 0 Å². The van der Waals surface area contributed by atoms with E-state index in [-0.39, 0.29) is 17.9 Å². The number of carbonyl (C=O) groups is 1. The molecule has 1 aromatic rings. The lowest BCUT2D eigenvalue weighted by atomic mass is 9.86. The predicted octanol–water partition coefficient (Wildman–Crippen LogP) is 1.66. The molecule has 0 N–H and O–H groups in total. The lowest BCUT2D eigenvalue weighted by Crippen LogP contribution is -2.37. The first-order chi connectivity index (χ1) is 10.2. The summed E-state index contributed by atoms with van der Waals surface area (Å²) in [5.74, 6) is 0.596. The van der Waals surface area contributed by atoms with E-state index in [2.05, 4.69) is 9.97 Å². The Morgan fingerprint density at radius 1 is 1.24 bits per heavy atom. The molecule has 0 radical (unpaired) electrons. The number of nitrogens with zero attached hydrogens (tertiary/aromatic N) is 3. The third-order valence-corrected chi connectivity index (χ3v) is 3.85. The van der Waals surface area contributed by atoms with Gasteiger partial charge in [0, 0.05) is 32.5 Å². The number of amides is 1. The van der Waals surface area contributed by atoms with Gasteiger partial charge in [-0.25, -0.2) is 9.97 Å². The van der Waals surface area contributed by atoms with E-state index in [4.69, 9.17) is 9.47 Å². The zero-order valence-electron chi connectivity index (χ0n) is 12.7. The van der Waals surface area contributed by atoms with Crippen LogP contribution in [0.5, 0.6) is 0 Å². The van der Waals surface area contributed by atoms with Crippen LogP contribution in [0.3, 0.4) is 0 Å². The van der Waals surface area contributed by atoms with Crippen molar-refractivity contribution in [3.8, 4) is 0 Å². The Hall–Kier alpha value is -1.53. The Labute approximate surface area is 125 Å². The summed E-state index contributed by atoms with van der Waals surface area (Å²) in [6.45, 7) is 1.24. The predicted molar refractivity (Wildman–Crippen MR) is 79.0 cm³/mol. The number of ether oxygens (including phenoxy) is 2. The van der Waals surface area contributed by atoms with Crippen LogP contribution in [0.2, 0.25) is 0 Å². The van der Waals surface area contributed by atoms with E-state index in [0.29, 0.717) is 19.2 Å². The summed E-state index contributed by atoms with van der Waals surface area (Å²) in [5, 5.41) is 0. The molecule has 0 spiro atoms. The molecule has 0 aromatic carbocycles. The fourth-order valence-corrected chi connectivity index (χ4v) is 2.61. The van der Waals surface area contributed by atoms with Crippen molar-refractivity contribution in [1.29, 1.82) is 0 Å². The minimum atomic E-state index is 0.0427. The first kappa shape index (κ1) is 15.9. The van der Waals surface area contributed by atoms with Gasteiger partial charge in [0.15, 0.2) is 0 Å². The summed E-state index contributed by atoms with van der Waals surface area (Å²) < 4.78 is 10.7. The zero-order valence-corrected chi connectivity index (χ0v) is 12.7. The second-order valence-corrected chi connectivity index (χ2v) is 5.28. The second-order valence-electron chi connectivity index (χ2n) is 5.28. The maximum absolute atomic E-state index is 12.5. The van der Waals surface area contributed by atoms with Crippen molar-refractivity contribution >= 4 is 11.9 Å². The van der Waals surface area contributed by atoms with E-state index in [1.165, 1.54) is 0 Å². The van der Waals surface area contributed by atoms with E-state index >= 15 is 0 Å². The fraction of sp³-hybridized carbons (Fsp3) is 0.667. The average Bonchev–Trinajstić information content (AvgIpc) is 2.55. The molecule has 1 heterocycles. The molecule has 6 nitrogen and oxygen atoms in total. The van der Waals surface area contributed by atoms with Crippen molar-refractivity contribution < 1.29 is 14.3 Å². The molecule has 21 heavy (non-hydrogen) atoms. The van der Waals surface area contributed by atoms with Gasteiger partial charge in [-0.05, 0) is 31.7 Å². The summed E-state index contributed by atoms with van der Waals surface area (Å²) in [6, 6.07) is 1.74. The average molecular weight is 293 g/mol. The third-order valence-electron chi connectivity index (χ3n) is 3.85. The van der Waals surface area contributed by atoms with E-state index in [9.17, 15) is 4.79 Å². The monoisotopic (exact) mass is 293 g/mol. The highest BCUT2D eigenvalue weighted by molar-refractivity contribution is 5.92. The number of hydrogen-bond donors (Lipinski definition) is 0. The summed E-state index contributed by atoms with van der Waals surface area (Å²) in [6.07, 6.45) is 7.09. The van der Waals surface area contributed by atoms with Crippen LogP contribution in [-0.4, -0.2) is 49.4 Å². The fourth-order valence-electron chi connectivity index (χ4n) is 2.61. The number of anilines is 1. The lowest BCUT2D eigenvalue weighted by Gasteiger charge is -2.29. The number of aromatic nitrogens is 2. The summed E-state index contributed by atoms with van der Waals surface area (Å²) in [5.41, 5.74) is 0. The minimum absolute atomic E-state index is 0.0427. The molecule has 0 atom stereocenters. The van der Waals surface area contributed by atoms with E-state index < -0.39 is 0 Å². The smallest absolute Gasteiger partial charge is 0.232 e. The number of carbonyl (C=O) groups excluding carboxylic acids is 1. The van der Waals surface area contributed by atoms with Gasteiger partial charge in [0.1, 0.15) is 0 Å². The van der Waals surface area contributed by atoms with Gasteiger partial charge in [-0.1, -0.05) is 0 Å². The highest BCUT2D eigenvalue weighted by atomic mass is 16.5. The van der Waals surface area contributed by atoms with Gasteiger partial charge in [0.25, 0.3) is 0 Å². The topological polar surface area (TPSA) is 64.6 Å². The molecule has 0 saturated heterocycles. The molecular formula is C15H23N3O3. The van der Waals surface area contributed by atoms with E-state index in [0.717, 1.165) is 25.7 Å². The Morgan fingerprint density at radius 3 is 2.52 bits per heavy atom. The van der Waals surface area contributed by atoms with Crippen molar-refractivity contribution in [2.24, 2.45) is 5.92 Å². The van der Waals surface area contributed by atoms with Crippen molar-refractivity contribution in [2.45, 2.75) is 31.8 Å². The van der Waals surface area contributed by atoms with Gasteiger partial charge in [-0.2, -0.15) is 0 Å². The highest BCUT2D eigenvalue weighted by Crippen LogP contribution is 2.28. The number of methoxy groups -OCH3 is 1.